The van der Waals surface area contributed by atoms with E-state index in [0.717, 1.165) is 44.3 Å². The summed E-state index contributed by atoms with van der Waals surface area (Å²) in [5.74, 6) is 1.42. The molecule has 5 aromatic rings. The summed E-state index contributed by atoms with van der Waals surface area (Å²) in [5, 5.41) is 11.4. The molecule has 7 heteroatoms. The fraction of sp³-hybridized carbons (Fsp3) is 0.0833. The van der Waals surface area contributed by atoms with E-state index in [0.29, 0.717) is 10.9 Å². The number of hydrogen-bond donors (Lipinski definition) is 0. The normalized spacial score (nSPS) is 11.2. The molecule has 3 aromatic heterocycles. The number of aromatic nitrogens is 5. The molecule has 0 saturated carbocycles. The first-order valence-electron chi connectivity index (χ1n) is 9.79. The van der Waals surface area contributed by atoms with Gasteiger partial charge in [0, 0.05) is 34.7 Å². The quantitative estimate of drug-likeness (QED) is 0.241. The first-order valence-corrected chi connectivity index (χ1v) is 11.2. The number of halogens is 1. The average Bonchev–Trinajstić information content (AvgIpc) is 3.22. The highest BCUT2D eigenvalue weighted by Crippen LogP contribution is 2.32. The third kappa shape index (κ3) is 3.92. The molecule has 0 saturated heterocycles. The highest BCUT2D eigenvalue weighted by Gasteiger charge is 2.18. The Hall–Kier alpha value is -3.22. The highest BCUT2D eigenvalue weighted by atomic mass is 35.5. The van der Waals surface area contributed by atoms with Gasteiger partial charge in [-0.25, -0.2) is 4.98 Å². The fourth-order valence-corrected chi connectivity index (χ4v) is 4.67. The van der Waals surface area contributed by atoms with Gasteiger partial charge in [-0.15, -0.1) is 10.2 Å². The molecular formula is C24H18ClN5S. The van der Waals surface area contributed by atoms with Crippen LogP contribution in [0.5, 0.6) is 0 Å². The molecule has 0 aliphatic carbocycles. The Kier molecular flexibility index (Phi) is 5.40. The van der Waals surface area contributed by atoms with E-state index in [9.17, 15) is 0 Å². The SMILES string of the molecule is Cc1ccccc1-n1c(SCc2cc3ccccc3nc2Cl)nnc1-c1ccncc1. The van der Waals surface area contributed by atoms with Crippen LogP contribution in [0.2, 0.25) is 5.15 Å². The average molecular weight is 444 g/mol. The summed E-state index contributed by atoms with van der Waals surface area (Å²) in [6, 6.07) is 22.2. The topological polar surface area (TPSA) is 56.5 Å². The van der Waals surface area contributed by atoms with Crippen LogP contribution in [0.25, 0.3) is 28.0 Å². The molecule has 0 bridgehead atoms. The second kappa shape index (κ2) is 8.49. The van der Waals surface area contributed by atoms with E-state index in [4.69, 9.17) is 11.6 Å². The predicted octanol–water partition coefficient (Wildman–Crippen LogP) is 6.13. The van der Waals surface area contributed by atoms with Gasteiger partial charge >= 0.3 is 0 Å². The van der Waals surface area contributed by atoms with Crippen molar-refractivity contribution in [2.24, 2.45) is 0 Å². The number of rotatable bonds is 5. The maximum absolute atomic E-state index is 6.48. The van der Waals surface area contributed by atoms with Gasteiger partial charge in [0.25, 0.3) is 0 Å². The molecule has 5 rings (SSSR count). The van der Waals surface area contributed by atoms with Crippen LogP contribution in [0.15, 0.2) is 84.3 Å². The van der Waals surface area contributed by atoms with E-state index in [1.807, 2.05) is 48.5 Å². The molecule has 0 aliphatic rings. The van der Waals surface area contributed by atoms with Gasteiger partial charge in [-0.05, 0) is 42.8 Å². The highest BCUT2D eigenvalue weighted by molar-refractivity contribution is 7.98. The van der Waals surface area contributed by atoms with Crippen LogP contribution >= 0.6 is 23.4 Å². The minimum Gasteiger partial charge on any atom is -0.270 e. The van der Waals surface area contributed by atoms with Crippen molar-refractivity contribution in [3.05, 3.63) is 95.4 Å². The number of pyridine rings is 2. The zero-order valence-electron chi connectivity index (χ0n) is 16.7. The van der Waals surface area contributed by atoms with Crippen molar-refractivity contribution in [1.29, 1.82) is 0 Å². The molecule has 0 N–H and O–H groups in total. The van der Waals surface area contributed by atoms with Gasteiger partial charge in [0.2, 0.25) is 0 Å². The lowest BCUT2D eigenvalue weighted by Gasteiger charge is -2.13. The van der Waals surface area contributed by atoms with Gasteiger partial charge in [-0.2, -0.15) is 0 Å². The standard InChI is InChI=1S/C24H18ClN5S/c1-16-6-2-5-9-21(16)30-23(17-10-12-26-13-11-17)28-29-24(30)31-15-19-14-18-7-3-4-8-20(18)27-22(19)25/h2-14H,15H2,1H3. The molecular weight excluding hydrogens is 426 g/mol. The van der Waals surface area contributed by atoms with E-state index in [2.05, 4.69) is 49.9 Å². The van der Waals surface area contributed by atoms with Crippen LogP contribution in [0.1, 0.15) is 11.1 Å². The van der Waals surface area contributed by atoms with Crippen LogP contribution in [-0.4, -0.2) is 24.7 Å². The summed E-state index contributed by atoms with van der Waals surface area (Å²) in [5.41, 5.74) is 5.01. The lowest BCUT2D eigenvalue weighted by Crippen LogP contribution is -2.02. The van der Waals surface area contributed by atoms with E-state index in [1.54, 1.807) is 24.2 Å². The van der Waals surface area contributed by atoms with Crippen molar-refractivity contribution < 1.29 is 0 Å². The number of thioether (sulfide) groups is 1. The molecule has 2 aromatic carbocycles. The van der Waals surface area contributed by atoms with Crippen molar-refractivity contribution in [3.8, 4) is 17.1 Å². The molecule has 0 atom stereocenters. The Labute approximate surface area is 189 Å². The molecule has 0 amide bonds. The van der Waals surface area contributed by atoms with Crippen LogP contribution < -0.4 is 0 Å². The van der Waals surface area contributed by atoms with Crippen LogP contribution in [0.4, 0.5) is 0 Å². The van der Waals surface area contributed by atoms with Crippen molar-refractivity contribution in [3.63, 3.8) is 0 Å². The Morgan fingerprint density at radius 1 is 0.935 bits per heavy atom. The third-order valence-electron chi connectivity index (χ3n) is 5.04. The third-order valence-corrected chi connectivity index (χ3v) is 6.34. The first kappa shape index (κ1) is 19.7. The first-order chi connectivity index (χ1) is 15.2. The largest absolute Gasteiger partial charge is 0.270 e. The van der Waals surface area contributed by atoms with Crippen molar-refractivity contribution in [1.82, 2.24) is 24.7 Å². The number of hydrogen-bond acceptors (Lipinski definition) is 5. The maximum atomic E-state index is 6.48. The van der Waals surface area contributed by atoms with E-state index in [-0.39, 0.29) is 0 Å². The molecule has 0 aliphatic heterocycles. The van der Waals surface area contributed by atoms with Gasteiger partial charge < -0.3 is 0 Å². The molecule has 0 spiro atoms. The summed E-state index contributed by atoms with van der Waals surface area (Å²) in [4.78, 5) is 8.66. The van der Waals surface area contributed by atoms with E-state index < -0.39 is 0 Å². The lowest BCUT2D eigenvalue weighted by molar-refractivity contribution is 0.880. The van der Waals surface area contributed by atoms with Gasteiger partial charge in [0.15, 0.2) is 11.0 Å². The van der Waals surface area contributed by atoms with Gasteiger partial charge in [-0.1, -0.05) is 59.8 Å². The van der Waals surface area contributed by atoms with Gasteiger partial charge in [-0.3, -0.25) is 9.55 Å². The van der Waals surface area contributed by atoms with Crippen LogP contribution in [-0.2, 0) is 5.75 Å². The number of benzene rings is 2. The Morgan fingerprint density at radius 2 is 1.71 bits per heavy atom. The molecule has 0 unspecified atom stereocenters. The minimum atomic E-state index is 0.516. The Morgan fingerprint density at radius 3 is 2.55 bits per heavy atom. The van der Waals surface area contributed by atoms with Crippen LogP contribution in [0.3, 0.4) is 0 Å². The smallest absolute Gasteiger partial charge is 0.196 e. The van der Waals surface area contributed by atoms with Crippen molar-refractivity contribution in [2.75, 3.05) is 0 Å². The van der Waals surface area contributed by atoms with E-state index in [1.165, 1.54) is 0 Å². The number of fused-ring (bicyclic) bond motifs is 1. The molecule has 152 valence electrons. The maximum Gasteiger partial charge on any atom is 0.196 e. The number of nitrogens with zero attached hydrogens (tertiary/aromatic N) is 5. The summed E-state index contributed by atoms with van der Waals surface area (Å²) in [6.07, 6.45) is 3.53. The van der Waals surface area contributed by atoms with Gasteiger partial charge in [0.1, 0.15) is 5.15 Å². The number of para-hydroxylation sites is 2. The zero-order valence-corrected chi connectivity index (χ0v) is 18.3. The van der Waals surface area contributed by atoms with Crippen molar-refractivity contribution in [2.45, 2.75) is 17.8 Å². The second-order valence-electron chi connectivity index (χ2n) is 7.08. The minimum absolute atomic E-state index is 0.516. The summed E-state index contributed by atoms with van der Waals surface area (Å²) in [7, 11) is 0. The molecule has 5 nitrogen and oxygen atoms in total. The van der Waals surface area contributed by atoms with Crippen molar-refractivity contribution >= 4 is 34.3 Å². The van der Waals surface area contributed by atoms with Crippen LogP contribution in [0, 0.1) is 6.92 Å². The van der Waals surface area contributed by atoms with Gasteiger partial charge in [0.05, 0.1) is 11.2 Å². The summed E-state index contributed by atoms with van der Waals surface area (Å²) in [6.45, 7) is 2.09. The number of aryl methyl sites for hydroxylation is 1. The molecule has 0 radical (unpaired) electrons. The monoisotopic (exact) mass is 443 g/mol. The van der Waals surface area contributed by atoms with E-state index >= 15 is 0 Å². The second-order valence-corrected chi connectivity index (χ2v) is 8.38. The summed E-state index contributed by atoms with van der Waals surface area (Å²) >= 11 is 8.07. The Balaban J connectivity index is 1.55. The summed E-state index contributed by atoms with van der Waals surface area (Å²) < 4.78 is 2.09. The predicted molar refractivity (Wildman–Crippen MR) is 126 cm³/mol. The Bertz CT molecular complexity index is 1370. The fourth-order valence-electron chi connectivity index (χ4n) is 3.46. The zero-order chi connectivity index (χ0) is 21.2. The molecule has 0 fully saturated rings. The molecule has 3 heterocycles. The lowest BCUT2D eigenvalue weighted by atomic mass is 10.2. The molecule has 31 heavy (non-hydrogen) atoms.